The summed E-state index contributed by atoms with van der Waals surface area (Å²) >= 11 is 0. The van der Waals surface area contributed by atoms with Gasteiger partial charge in [-0.2, -0.15) is 0 Å². The zero-order valence-electron chi connectivity index (χ0n) is 17.8. The summed E-state index contributed by atoms with van der Waals surface area (Å²) in [6, 6.07) is 8.10. The summed E-state index contributed by atoms with van der Waals surface area (Å²) in [7, 11) is 0. The lowest BCUT2D eigenvalue weighted by Crippen LogP contribution is -2.24. The van der Waals surface area contributed by atoms with Gasteiger partial charge in [-0.15, -0.1) is 0 Å². The van der Waals surface area contributed by atoms with Gasteiger partial charge in [0.15, 0.2) is 6.29 Å². The predicted molar refractivity (Wildman–Crippen MR) is 114 cm³/mol. The van der Waals surface area contributed by atoms with Crippen molar-refractivity contribution < 1.29 is 14.2 Å². The Balaban J connectivity index is 1.33. The Morgan fingerprint density at radius 1 is 1.00 bits per heavy atom. The maximum absolute atomic E-state index is 5.87. The van der Waals surface area contributed by atoms with Crippen LogP contribution in [0.15, 0.2) is 36.4 Å². The SMILES string of the molecule is CCCCCC1CCC(C=CCOc2ccc(C3OCC(C)CO3)cc2)CC1. The van der Waals surface area contributed by atoms with Crippen molar-refractivity contribution in [2.24, 2.45) is 17.8 Å². The van der Waals surface area contributed by atoms with Crippen LogP contribution in [0.1, 0.15) is 77.1 Å². The van der Waals surface area contributed by atoms with Crippen LogP contribution < -0.4 is 4.74 Å². The largest absolute Gasteiger partial charge is 0.490 e. The molecule has 3 nitrogen and oxygen atoms in total. The van der Waals surface area contributed by atoms with Crippen LogP contribution in [0.3, 0.4) is 0 Å². The van der Waals surface area contributed by atoms with Gasteiger partial charge in [0, 0.05) is 11.5 Å². The third-order valence-corrected chi connectivity index (χ3v) is 6.08. The lowest BCUT2D eigenvalue weighted by atomic mass is 9.79. The first-order chi connectivity index (χ1) is 13.7. The van der Waals surface area contributed by atoms with Gasteiger partial charge in [0.05, 0.1) is 13.2 Å². The molecule has 1 heterocycles. The van der Waals surface area contributed by atoms with Gasteiger partial charge in [0.2, 0.25) is 0 Å². The minimum Gasteiger partial charge on any atom is -0.490 e. The molecule has 1 saturated heterocycles. The Morgan fingerprint density at radius 3 is 2.39 bits per heavy atom. The maximum atomic E-state index is 5.87. The average Bonchev–Trinajstić information content (AvgIpc) is 2.73. The van der Waals surface area contributed by atoms with Crippen molar-refractivity contribution in [3.8, 4) is 5.75 Å². The number of hydrogen-bond donors (Lipinski definition) is 0. The lowest BCUT2D eigenvalue weighted by molar-refractivity contribution is -0.202. The highest BCUT2D eigenvalue weighted by Gasteiger charge is 2.21. The molecule has 0 spiro atoms. The van der Waals surface area contributed by atoms with Crippen LogP contribution >= 0.6 is 0 Å². The van der Waals surface area contributed by atoms with Gasteiger partial charge in [-0.05, 0) is 49.7 Å². The highest BCUT2D eigenvalue weighted by Crippen LogP contribution is 2.32. The van der Waals surface area contributed by atoms with Crippen molar-refractivity contribution in [1.82, 2.24) is 0 Å². The summed E-state index contributed by atoms with van der Waals surface area (Å²) in [5.74, 6) is 3.10. The number of ether oxygens (including phenoxy) is 3. The van der Waals surface area contributed by atoms with Gasteiger partial charge in [-0.25, -0.2) is 0 Å². The molecule has 2 fully saturated rings. The third kappa shape index (κ3) is 6.93. The van der Waals surface area contributed by atoms with E-state index in [2.05, 4.69) is 26.0 Å². The molecule has 0 aromatic heterocycles. The van der Waals surface area contributed by atoms with E-state index < -0.39 is 0 Å². The molecule has 0 atom stereocenters. The Kier molecular flexibility index (Phi) is 8.88. The molecule has 1 aliphatic heterocycles. The molecule has 1 saturated carbocycles. The van der Waals surface area contributed by atoms with Crippen molar-refractivity contribution in [2.45, 2.75) is 71.5 Å². The van der Waals surface area contributed by atoms with Crippen molar-refractivity contribution in [2.75, 3.05) is 19.8 Å². The summed E-state index contributed by atoms with van der Waals surface area (Å²) in [6.45, 7) is 6.59. The lowest BCUT2D eigenvalue weighted by Gasteiger charge is -2.27. The molecule has 3 heteroatoms. The smallest absolute Gasteiger partial charge is 0.183 e. The van der Waals surface area contributed by atoms with E-state index in [4.69, 9.17) is 14.2 Å². The predicted octanol–water partition coefficient (Wildman–Crippen LogP) is 6.69. The summed E-state index contributed by atoms with van der Waals surface area (Å²) < 4.78 is 17.4. The van der Waals surface area contributed by atoms with E-state index in [0.717, 1.165) is 36.4 Å². The molecule has 156 valence electrons. The monoisotopic (exact) mass is 386 g/mol. The highest BCUT2D eigenvalue weighted by atomic mass is 16.7. The van der Waals surface area contributed by atoms with E-state index in [-0.39, 0.29) is 6.29 Å². The van der Waals surface area contributed by atoms with Gasteiger partial charge >= 0.3 is 0 Å². The van der Waals surface area contributed by atoms with E-state index in [9.17, 15) is 0 Å². The van der Waals surface area contributed by atoms with Crippen LogP contribution in [-0.4, -0.2) is 19.8 Å². The minimum absolute atomic E-state index is 0.234. The number of allylic oxidation sites excluding steroid dienone is 1. The van der Waals surface area contributed by atoms with Crippen molar-refractivity contribution in [3.05, 3.63) is 42.0 Å². The molecule has 1 aromatic rings. The van der Waals surface area contributed by atoms with Crippen LogP contribution in [0.5, 0.6) is 5.75 Å². The summed E-state index contributed by atoms with van der Waals surface area (Å²) in [6.07, 6.45) is 15.5. The molecule has 0 radical (unpaired) electrons. The first kappa shape index (κ1) is 21.4. The van der Waals surface area contributed by atoms with E-state index >= 15 is 0 Å². The van der Waals surface area contributed by atoms with Gasteiger partial charge in [0.25, 0.3) is 0 Å². The van der Waals surface area contributed by atoms with Gasteiger partial charge in [0.1, 0.15) is 12.4 Å². The van der Waals surface area contributed by atoms with E-state index in [1.165, 1.54) is 51.4 Å². The van der Waals surface area contributed by atoms with E-state index in [1.807, 2.05) is 24.3 Å². The van der Waals surface area contributed by atoms with Crippen LogP contribution in [0.2, 0.25) is 0 Å². The molecule has 3 rings (SSSR count). The molecular formula is C25H38O3. The second kappa shape index (κ2) is 11.6. The molecule has 0 unspecified atom stereocenters. The standard InChI is InChI=1S/C25H38O3/c1-3-4-5-7-21-9-11-22(12-10-21)8-6-17-26-24-15-13-23(14-16-24)25-27-18-20(2)19-28-25/h6,8,13-16,20-22,25H,3-5,7,9-12,17-19H2,1-2H3. The van der Waals surface area contributed by atoms with Crippen molar-refractivity contribution >= 4 is 0 Å². The number of rotatable bonds is 9. The molecule has 0 bridgehead atoms. The molecule has 0 amide bonds. The van der Waals surface area contributed by atoms with E-state index in [1.54, 1.807) is 0 Å². The molecule has 0 N–H and O–H groups in total. The fraction of sp³-hybridized carbons (Fsp3) is 0.680. The molecule has 1 aromatic carbocycles. The summed E-state index contributed by atoms with van der Waals surface area (Å²) in [5.41, 5.74) is 1.06. The van der Waals surface area contributed by atoms with Crippen LogP contribution in [0.25, 0.3) is 0 Å². The van der Waals surface area contributed by atoms with Crippen LogP contribution in [-0.2, 0) is 9.47 Å². The van der Waals surface area contributed by atoms with Crippen molar-refractivity contribution in [1.29, 1.82) is 0 Å². The summed E-state index contributed by atoms with van der Waals surface area (Å²) in [4.78, 5) is 0. The molecule has 1 aliphatic carbocycles. The molecule has 28 heavy (non-hydrogen) atoms. The van der Waals surface area contributed by atoms with Gasteiger partial charge in [-0.3, -0.25) is 0 Å². The normalized spacial score (nSPS) is 28.5. The molecule has 2 aliphatic rings. The molecular weight excluding hydrogens is 348 g/mol. The maximum Gasteiger partial charge on any atom is 0.183 e. The highest BCUT2D eigenvalue weighted by molar-refractivity contribution is 5.28. The van der Waals surface area contributed by atoms with E-state index in [0.29, 0.717) is 12.5 Å². The number of benzene rings is 1. The fourth-order valence-electron chi connectivity index (χ4n) is 4.26. The number of unbranched alkanes of at least 4 members (excludes halogenated alkanes) is 2. The number of hydrogen-bond acceptors (Lipinski definition) is 3. The second-order valence-corrected chi connectivity index (χ2v) is 8.69. The van der Waals surface area contributed by atoms with Crippen molar-refractivity contribution in [3.63, 3.8) is 0 Å². The average molecular weight is 387 g/mol. The quantitative estimate of drug-likeness (QED) is 0.349. The fourth-order valence-corrected chi connectivity index (χ4v) is 4.26. The van der Waals surface area contributed by atoms with Crippen LogP contribution in [0.4, 0.5) is 0 Å². The Hall–Kier alpha value is -1.32. The first-order valence-electron chi connectivity index (χ1n) is 11.4. The first-order valence-corrected chi connectivity index (χ1v) is 11.4. The topological polar surface area (TPSA) is 27.7 Å². The zero-order chi connectivity index (χ0) is 19.6. The minimum atomic E-state index is -0.234. The Labute approximate surface area is 171 Å². The Bertz CT molecular complexity index is 564. The van der Waals surface area contributed by atoms with Gasteiger partial charge in [-0.1, -0.05) is 63.8 Å². The second-order valence-electron chi connectivity index (χ2n) is 8.69. The Morgan fingerprint density at radius 2 is 1.71 bits per heavy atom. The van der Waals surface area contributed by atoms with Crippen LogP contribution in [0, 0.1) is 17.8 Å². The third-order valence-electron chi connectivity index (χ3n) is 6.08. The van der Waals surface area contributed by atoms with Gasteiger partial charge < -0.3 is 14.2 Å². The zero-order valence-corrected chi connectivity index (χ0v) is 17.8. The summed E-state index contributed by atoms with van der Waals surface area (Å²) in [5, 5.41) is 0.